The molecule has 2 nitrogen and oxygen atoms in total. The Balaban J connectivity index is 2.21. The molecule has 2 heteroatoms. The highest BCUT2D eigenvalue weighted by atomic mass is 15.1. The predicted molar refractivity (Wildman–Crippen MR) is 78.5 cm³/mol. The van der Waals surface area contributed by atoms with Crippen molar-refractivity contribution in [3.8, 4) is 0 Å². The van der Waals surface area contributed by atoms with E-state index in [0.717, 1.165) is 13.1 Å². The van der Waals surface area contributed by atoms with Gasteiger partial charge in [0.15, 0.2) is 0 Å². The largest absolute Gasteiger partial charge is 0.324 e. The molecule has 0 saturated heterocycles. The molecular formula is C16H22N2. The van der Waals surface area contributed by atoms with Crippen molar-refractivity contribution in [2.75, 3.05) is 13.6 Å². The van der Waals surface area contributed by atoms with Crippen molar-refractivity contribution in [2.24, 2.45) is 5.73 Å². The summed E-state index contributed by atoms with van der Waals surface area (Å²) in [4.78, 5) is 2.28. The average Bonchev–Trinajstić information content (AvgIpc) is 2.27. The van der Waals surface area contributed by atoms with Crippen LogP contribution in [0.15, 0.2) is 42.5 Å². The molecule has 2 N–H and O–H groups in total. The minimum absolute atomic E-state index is 0.153. The van der Waals surface area contributed by atoms with Gasteiger partial charge in [0.1, 0.15) is 0 Å². The molecule has 0 bridgehead atoms. The van der Waals surface area contributed by atoms with E-state index in [1.807, 2.05) is 0 Å². The first kappa shape index (κ1) is 13.1. The first-order valence-corrected chi connectivity index (χ1v) is 6.40. The number of nitrogens with two attached hydrogens (primary N) is 1. The maximum Gasteiger partial charge on any atom is 0.0237 e. The zero-order valence-corrected chi connectivity index (χ0v) is 11.5. The Morgan fingerprint density at radius 1 is 1.06 bits per heavy atom. The molecule has 2 rings (SSSR count). The minimum Gasteiger partial charge on any atom is -0.324 e. The summed E-state index contributed by atoms with van der Waals surface area (Å²) >= 11 is 0. The number of fused-ring (bicyclic) bond motifs is 1. The third-order valence-electron chi connectivity index (χ3n) is 3.00. The molecule has 18 heavy (non-hydrogen) atoms. The van der Waals surface area contributed by atoms with E-state index in [-0.39, 0.29) is 5.54 Å². The zero-order valence-electron chi connectivity index (χ0n) is 11.5. The van der Waals surface area contributed by atoms with Gasteiger partial charge in [-0.05, 0) is 37.2 Å². The fourth-order valence-electron chi connectivity index (χ4n) is 2.47. The van der Waals surface area contributed by atoms with Crippen LogP contribution >= 0.6 is 0 Å². The van der Waals surface area contributed by atoms with Gasteiger partial charge in [-0.25, -0.2) is 0 Å². The molecule has 2 aromatic carbocycles. The maximum atomic E-state index is 6.06. The van der Waals surface area contributed by atoms with E-state index in [4.69, 9.17) is 5.73 Å². The Hall–Kier alpha value is -1.38. The summed E-state index contributed by atoms with van der Waals surface area (Å²) in [7, 11) is 2.12. The molecule has 0 fully saturated rings. The molecule has 0 aliphatic carbocycles. The van der Waals surface area contributed by atoms with E-state index < -0.39 is 0 Å². The Bertz CT molecular complexity index is 521. The van der Waals surface area contributed by atoms with Gasteiger partial charge in [-0.1, -0.05) is 42.5 Å². The lowest BCUT2D eigenvalue weighted by Crippen LogP contribution is -2.43. The third kappa shape index (κ3) is 3.31. The molecule has 0 spiro atoms. The second kappa shape index (κ2) is 5.09. The maximum absolute atomic E-state index is 6.06. The molecule has 96 valence electrons. The predicted octanol–water partition coefficient (Wildman–Crippen LogP) is 3.01. The van der Waals surface area contributed by atoms with Gasteiger partial charge < -0.3 is 10.6 Å². The number of hydrogen-bond donors (Lipinski definition) is 1. The van der Waals surface area contributed by atoms with E-state index in [0.29, 0.717) is 0 Å². The lowest BCUT2D eigenvalue weighted by molar-refractivity contribution is 0.264. The summed E-state index contributed by atoms with van der Waals surface area (Å²) < 4.78 is 0. The minimum atomic E-state index is -0.153. The second-order valence-corrected chi connectivity index (χ2v) is 5.80. The Kier molecular flexibility index (Phi) is 3.69. The van der Waals surface area contributed by atoms with Crippen LogP contribution in [0.3, 0.4) is 0 Å². The van der Waals surface area contributed by atoms with Crippen LogP contribution < -0.4 is 5.73 Å². The lowest BCUT2D eigenvalue weighted by atomic mass is 10.0. The SMILES string of the molecule is CN(Cc1cccc2ccccc12)CC(C)(C)N. The number of benzene rings is 2. The monoisotopic (exact) mass is 242 g/mol. The van der Waals surface area contributed by atoms with Crippen molar-refractivity contribution in [1.29, 1.82) is 0 Å². The number of likely N-dealkylation sites (N-methyl/N-ethyl adjacent to an activating group) is 1. The van der Waals surface area contributed by atoms with Gasteiger partial charge in [0.2, 0.25) is 0 Å². The van der Waals surface area contributed by atoms with Crippen molar-refractivity contribution in [2.45, 2.75) is 25.9 Å². The zero-order chi connectivity index (χ0) is 13.2. The van der Waals surface area contributed by atoms with Gasteiger partial charge in [-0.2, -0.15) is 0 Å². The summed E-state index contributed by atoms with van der Waals surface area (Å²) in [6, 6.07) is 15.0. The average molecular weight is 242 g/mol. The van der Waals surface area contributed by atoms with Gasteiger partial charge in [0.05, 0.1) is 0 Å². The van der Waals surface area contributed by atoms with E-state index in [1.54, 1.807) is 0 Å². The number of rotatable bonds is 4. The van der Waals surface area contributed by atoms with Gasteiger partial charge >= 0.3 is 0 Å². The number of nitrogens with zero attached hydrogens (tertiary/aromatic N) is 1. The third-order valence-corrected chi connectivity index (χ3v) is 3.00. The molecule has 0 aromatic heterocycles. The molecule has 0 radical (unpaired) electrons. The molecule has 0 unspecified atom stereocenters. The highest BCUT2D eigenvalue weighted by Gasteiger charge is 2.14. The van der Waals surface area contributed by atoms with E-state index >= 15 is 0 Å². The molecule has 0 saturated carbocycles. The topological polar surface area (TPSA) is 29.3 Å². The molecule has 0 aliphatic heterocycles. The van der Waals surface area contributed by atoms with Gasteiger partial charge in [-0.15, -0.1) is 0 Å². The summed E-state index contributed by atoms with van der Waals surface area (Å²) in [6.07, 6.45) is 0. The molecule has 0 atom stereocenters. The van der Waals surface area contributed by atoms with Crippen LogP contribution in [0.1, 0.15) is 19.4 Å². The van der Waals surface area contributed by atoms with Gasteiger partial charge in [-0.3, -0.25) is 0 Å². The number of hydrogen-bond acceptors (Lipinski definition) is 2. The summed E-state index contributed by atoms with van der Waals surface area (Å²) in [6.45, 7) is 5.94. The van der Waals surface area contributed by atoms with Crippen molar-refractivity contribution in [1.82, 2.24) is 4.90 Å². The summed E-state index contributed by atoms with van der Waals surface area (Å²) in [5.41, 5.74) is 7.27. The Morgan fingerprint density at radius 2 is 1.72 bits per heavy atom. The molecule has 0 heterocycles. The first-order chi connectivity index (χ1) is 8.46. The highest BCUT2D eigenvalue weighted by Crippen LogP contribution is 2.19. The fraction of sp³-hybridized carbons (Fsp3) is 0.375. The molecule has 0 amide bonds. The summed E-state index contributed by atoms with van der Waals surface area (Å²) in [5, 5.41) is 2.64. The second-order valence-electron chi connectivity index (χ2n) is 5.80. The molecule has 0 aliphatic rings. The van der Waals surface area contributed by atoms with Crippen molar-refractivity contribution < 1.29 is 0 Å². The Morgan fingerprint density at radius 3 is 2.44 bits per heavy atom. The smallest absolute Gasteiger partial charge is 0.0237 e. The molecular weight excluding hydrogens is 220 g/mol. The highest BCUT2D eigenvalue weighted by molar-refractivity contribution is 5.85. The van der Waals surface area contributed by atoms with Crippen molar-refractivity contribution in [3.05, 3.63) is 48.0 Å². The lowest BCUT2D eigenvalue weighted by Gasteiger charge is -2.26. The Labute approximate surface area is 109 Å². The first-order valence-electron chi connectivity index (χ1n) is 6.40. The van der Waals surface area contributed by atoms with Crippen LogP contribution in [0.25, 0.3) is 10.8 Å². The fourth-order valence-corrected chi connectivity index (χ4v) is 2.47. The van der Waals surface area contributed by atoms with Gasteiger partial charge in [0.25, 0.3) is 0 Å². The van der Waals surface area contributed by atoms with Crippen LogP contribution in [0.4, 0.5) is 0 Å². The van der Waals surface area contributed by atoms with E-state index in [9.17, 15) is 0 Å². The van der Waals surface area contributed by atoms with Gasteiger partial charge in [0, 0.05) is 18.6 Å². The van der Waals surface area contributed by atoms with Crippen molar-refractivity contribution >= 4 is 10.8 Å². The van der Waals surface area contributed by atoms with E-state index in [2.05, 4.69) is 68.3 Å². The quantitative estimate of drug-likeness (QED) is 0.893. The van der Waals surface area contributed by atoms with Crippen LogP contribution in [-0.4, -0.2) is 24.0 Å². The van der Waals surface area contributed by atoms with Crippen LogP contribution in [0, 0.1) is 0 Å². The van der Waals surface area contributed by atoms with Crippen LogP contribution in [-0.2, 0) is 6.54 Å². The van der Waals surface area contributed by atoms with E-state index in [1.165, 1.54) is 16.3 Å². The normalized spacial score (nSPS) is 12.3. The van der Waals surface area contributed by atoms with Crippen LogP contribution in [0.2, 0.25) is 0 Å². The van der Waals surface area contributed by atoms with Crippen molar-refractivity contribution in [3.63, 3.8) is 0 Å². The standard InChI is InChI=1S/C16H22N2/c1-16(2,17)12-18(3)11-14-9-6-8-13-7-4-5-10-15(13)14/h4-10H,11-12,17H2,1-3H3. The van der Waals surface area contributed by atoms with Crippen LogP contribution in [0.5, 0.6) is 0 Å². The summed E-state index contributed by atoms with van der Waals surface area (Å²) in [5.74, 6) is 0. The molecule has 2 aromatic rings.